The van der Waals surface area contributed by atoms with Crippen molar-refractivity contribution in [2.24, 2.45) is 0 Å². The Morgan fingerprint density at radius 2 is 1.61 bits per heavy atom. The number of carbonyl (C=O) groups is 2. The van der Waals surface area contributed by atoms with Crippen LogP contribution in [0.5, 0.6) is 0 Å². The lowest BCUT2D eigenvalue weighted by Crippen LogP contribution is -2.22. The van der Waals surface area contributed by atoms with Crippen LogP contribution in [0.15, 0.2) is 79.0 Å². The van der Waals surface area contributed by atoms with Crippen molar-refractivity contribution in [3.05, 3.63) is 107 Å². The van der Waals surface area contributed by atoms with Crippen molar-refractivity contribution < 1.29 is 19.4 Å². The van der Waals surface area contributed by atoms with Gasteiger partial charge >= 0.3 is 5.97 Å². The first-order chi connectivity index (χ1) is 16.0. The average molecular weight is 442 g/mol. The van der Waals surface area contributed by atoms with Gasteiger partial charge in [-0.2, -0.15) is 0 Å². The molecule has 0 aliphatic rings. The molecule has 168 valence electrons. The largest absolute Gasteiger partial charge is 0.479 e. The van der Waals surface area contributed by atoms with Gasteiger partial charge in [0.25, 0.3) is 0 Å². The number of hydrogen-bond acceptors (Lipinski definition) is 3. The summed E-state index contributed by atoms with van der Waals surface area (Å²) in [7, 11) is 0. The van der Waals surface area contributed by atoms with E-state index in [0.29, 0.717) is 24.1 Å². The molecule has 1 N–H and O–H groups in total. The molecule has 0 unspecified atom stereocenters. The highest BCUT2D eigenvalue weighted by atomic mass is 16.5. The molecule has 33 heavy (non-hydrogen) atoms. The fraction of sp³-hybridized carbons (Fsp3) is 0.214. The van der Waals surface area contributed by atoms with Gasteiger partial charge in [-0.3, -0.25) is 4.79 Å². The molecular weight excluding hydrogens is 414 g/mol. The van der Waals surface area contributed by atoms with E-state index >= 15 is 0 Å². The number of carboxylic acids is 1. The van der Waals surface area contributed by atoms with E-state index in [1.54, 1.807) is 6.92 Å². The highest BCUT2D eigenvalue weighted by Crippen LogP contribution is 2.25. The number of nitrogens with zero attached hydrogens (tertiary/aromatic N) is 1. The first-order valence-electron chi connectivity index (χ1n) is 11.1. The number of ether oxygens (including phenoxy) is 1. The maximum Gasteiger partial charge on any atom is 0.332 e. The van der Waals surface area contributed by atoms with Crippen LogP contribution in [0.25, 0.3) is 10.9 Å². The number of aliphatic carboxylic acids is 1. The third-order valence-corrected chi connectivity index (χ3v) is 5.82. The highest BCUT2D eigenvalue weighted by Gasteiger charge is 2.17. The average Bonchev–Trinajstić information content (AvgIpc) is 3.19. The second kappa shape index (κ2) is 9.84. The number of carbonyl (C=O) groups excluding carboxylic acids is 1. The molecule has 4 rings (SSSR count). The number of aryl methyl sites for hydroxylation is 1. The quantitative estimate of drug-likeness (QED) is 0.343. The zero-order valence-electron chi connectivity index (χ0n) is 18.8. The first-order valence-corrected chi connectivity index (χ1v) is 11.1. The van der Waals surface area contributed by atoms with Crippen LogP contribution in [0.1, 0.15) is 46.0 Å². The lowest BCUT2D eigenvalue weighted by molar-refractivity contribution is -0.151. The number of ketones is 1. The topological polar surface area (TPSA) is 68.5 Å². The molecule has 5 heteroatoms. The van der Waals surface area contributed by atoms with Gasteiger partial charge in [-0.25, -0.2) is 4.79 Å². The van der Waals surface area contributed by atoms with Crippen molar-refractivity contribution in [3.8, 4) is 0 Å². The van der Waals surface area contributed by atoms with Gasteiger partial charge in [0.15, 0.2) is 11.9 Å². The van der Waals surface area contributed by atoms with Crippen molar-refractivity contribution in [1.82, 2.24) is 4.57 Å². The second-order valence-electron chi connectivity index (χ2n) is 8.25. The molecule has 0 fully saturated rings. The summed E-state index contributed by atoms with van der Waals surface area (Å²) in [5.41, 5.74) is 5.51. The smallest absolute Gasteiger partial charge is 0.332 e. The monoisotopic (exact) mass is 441 g/mol. The Labute approximate surface area is 193 Å². The fourth-order valence-electron chi connectivity index (χ4n) is 3.92. The van der Waals surface area contributed by atoms with Crippen molar-refractivity contribution in [2.45, 2.75) is 39.5 Å². The van der Waals surface area contributed by atoms with Gasteiger partial charge in [0.05, 0.1) is 6.61 Å². The van der Waals surface area contributed by atoms with E-state index in [2.05, 4.69) is 4.57 Å². The maximum atomic E-state index is 13.2. The van der Waals surface area contributed by atoms with Crippen molar-refractivity contribution in [3.63, 3.8) is 0 Å². The number of carboxylic acid groups (broad SMARTS) is 1. The highest BCUT2D eigenvalue weighted by molar-refractivity contribution is 6.16. The van der Waals surface area contributed by atoms with Crippen LogP contribution >= 0.6 is 0 Å². The Balaban J connectivity index is 1.55. The number of rotatable bonds is 9. The van der Waals surface area contributed by atoms with Gasteiger partial charge in [-0.1, -0.05) is 79.2 Å². The Morgan fingerprint density at radius 1 is 0.939 bits per heavy atom. The van der Waals surface area contributed by atoms with Crippen LogP contribution in [-0.2, 0) is 22.7 Å². The van der Waals surface area contributed by atoms with Crippen LogP contribution in [0, 0.1) is 6.92 Å². The predicted octanol–water partition coefficient (Wildman–Crippen LogP) is 5.61. The Morgan fingerprint density at radius 3 is 2.27 bits per heavy atom. The van der Waals surface area contributed by atoms with E-state index in [4.69, 9.17) is 9.84 Å². The molecule has 0 aliphatic carbocycles. The van der Waals surface area contributed by atoms with Crippen LogP contribution in [0.3, 0.4) is 0 Å². The lowest BCUT2D eigenvalue weighted by Gasteiger charge is -2.12. The van der Waals surface area contributed by atoms with Gasteiger partial charge < -0.3 is 14.4 Å². The molecule has 1 aromatic heterocycles. The minimum atomic E-state index is -0.940. The normalized spacial score (nSPS) is 12.1. The van der Waals surface area contributed by atoms with Crippen LogP contribution in [-0.4, -0.2) is 27.5 Å². The number of fused-ring (bicyclic) bond motifs is 1. The van der Waals surface area contributed by atoms with Gasteiger partial charge in [-0.05, 0) is 30.5 Å². The Hall–Kier alpha value is -3.70. The molecule has 0 amide bonds. The van der Waals surface area contributed by atoms with E-state index < -0.39 is 12.1 Å². The zero-order chi connectivity index (χ0) is 23.4. The Kier molecular flexibility index (Phi) is 6.71. The van der Waals surface area contributed by atoms with E-state index in [1.165, 1.54) is 0 Å². The van der Waals surface area contributed by atoms with Gasteiger partial charge in [0.1, 0.15) is 0 Å². The minimum absolute atomic E-state index is 0.0151. The van der Waals surface area contributed by atoms with Gasteiger partial charge in [-0.15, -0.1) is 0 Å². The first kappa shape index (κ1) is 22.5. The van der Waals surface area contributed by atoms with Crippen molar-refractivity contribution in [2.75, 3.05) is 0 Å². The predicted molar refractivity (Wildman–Crippen MR) is 129 cm³/mol. The van der Waals surface area contributed by atoms with E-state index in [9.17, 15) is 9.59 Å². The molecule has 5 nitrogen and oxygen atoms in total. The molecule has 1 heterocycles. The maximum absolute atomic E-state index is 13.2. The molecule has 3 aromatic carbocycles. The zero-order valence-corrected chi connectivity index (χ0v) is 18.8. The van der Waals surface area contributed by atoms with E-state index in [0.717, 1.165) is 27.6 Å². The number of hydrogen-bond donors (Lipinski definition) is 1. The van der Waals surface area contributed by atoms with E-state index in [1.807, 2.05) is 85.9 Å². The second-order valence-corrected chi connectivity index (χ2v) is 8.25. The third-order valence-electron chi connectivity index (χ3n) is 5.82. The summed E-state index contributed by atoms with van der Waals surface area (Å²) in [4.78, 5) is 24.3. The standard InChI is InChI=1S/C28H27NO4/c1-3-26(28(31)32)33-18-21-12-10-20(11-13-21)16-29-17-24(23-6-4-5-7-25(23)29)27(30)22-14-8-19(2)9-15-22/h4-15,17,26H,3,16,18H2,1-2H3,(H,31,32)/t26-/m1/s1. The summed E-state index contributed by atoms with van der Waals surface area (Å²) >= 11 is 0. The van der Waals surface area contributed by atoms with E-state index in [-0.39, 0.29) is 12.4 Å². The molecule has 4 aromatic rings. The molecule has 0 spiro atoms. The molecule has 0 aliphatic heterocycles. The fourth-order valence-corrected chi connectivity index (χ4v) is 3.92. The summed E-state index contributed by atoms with van der Waals surface area (Å²) < 4.78 is 7.59. The van der Waals surface area contributed by atoms with Crippen LogP contribution < -0.4 is 0 Å². The summed E-state index contributed by atoms with van der Waals surface area (Å²) in [5, 5.41) is 10.1. The molecular formula is C28H27NO4. The molecule has 0 saturated carbocycles. The SMILES string of the molecule is CC[C@@H](OCc1ccc(Cn2cc(C(=O)c3ccc(C)cc3)c3ccccc32)cc1)C(=O)O. The summed E-state index contributed by atoms with van der Waals surface area (Å²) in [5.74, 6) is -0.925. The minimum Gasteiger partial charge on any atom is -0.479 e. The Bertz CT molecular complexity index is 1270. The van der Waals surface area contributed by atoms with Crippen molar-refractivity contribution >= 4 is 22.7 Å². The molecule has 0 saturated heterocycles. The summed E-state index contributed by atoms with van der Waals surface area (Å²) in [6.07, 6.45) is 1.57. The third kappa shape index (κ3) is 5.04. The van der Waals surface area contributed by atoms with Gasteiger partial charge in [0.2, 0.25) is 0 Å². The van der Waals surface area contributed by atoms with Crippen LogP contribution in [0.4, 0.5) is 0 Å². The number of benzene rings is 3. The summed E-state index contributed by atoms with van der Waals surface area (Å²) in [6, 6.07) is 23.5. The molecule has 0 radical (unpaired) electrons. The number of para-hydroxylation sites is 1. The van der Waals surface area contributed by atoms with Gasteiger partial charge in [0, 0.05) is 34.8 Å². The number of aromatic nitrogens is 1. The van der Waals surface area contributed by atoms with Crippen LogP contribution in [0.2, 0.25) is 0 Å². The molecule has 1 atom stereocenters. The molecule has 0 bridgehead atoms. The summed E-state index contributed by atoms with van der Waals surface area (Å²) in [6.45, 7) is 4.68. The lowest BCUT2D eigenvalue weighted by atomic mass is 10.0. The van der Waals surface area contributed by atoms with Crippen molar-refractivity contribution in [1.29, 1.82) is 0 Å².